The highest BCUT2D eigenvalue weighted by atomic mass is 35.5. The van der Waals surface area contributed by atoms with Gasteiger partial charge in [-0.15, -0.1) is 12.4 Å². The topological polar surface area (TPSA) is 64.2 Å². The third-order valence-electron chi connectivity index (χ3n) is 3.14. The number of aromatic nitrogens is 2. The Labute approximate surface area is 117 Å². The van der Waals surface area contributed by atoms with Crippen molar-refractivity contribution in [3.8, 4) is 0 Å². The predicted molar refractivity (Wildman–Crippen MR) is 73.0 cm³/mol. The molecule has 1 aliphatic rings. The second-order valence-corrected chi connectivity index (χ2v) is 4.29. The molecule has 2 N–H and O–H groups in total. The average Bonchev–Trinajstić information content (AvgIpc) is 2.80. The molecule has 0 aliphatic carbocycles. The van der Waals surface area contributed by atoms with Crippen LogP contribution in [0.3, 0.4) is 0 Å². The number of halogens is 2. The van der Waals surface area contributed by atoms with E-state index < -0.39 is 0 Å². The standard InChI is InChI=1S/C12H17FN4O.ClH/c1-2-16-4-3-11-10(12(16)18)8-17(15-11)7-9(5-13)6-14;/h5,8H,2-4,6-7,14H2,1H3;1H. The van der Waals surface area contributed by atoms with Gasteiger partial charge in [-0.25, -0.2) is 4.39 Å². The van der Waals surface area contributed by atoms with Crippen molar-refractivity contribution in [3.63, 3.8) is 0 Å². The van der Waals surface area contributed by atoms with Crippen LogP contribution in [0.15, 0.2) is 18.1 Å². The molecule has 0 saturated carbocycles. The van der Waals surface area contributed by atoms with Crippen LogP contribution in [0.2, 0.25) is 0 Å². The summed E-state index contributed by atoms with van der Waals surface area (Å²) in [5.41, 5.74) is 7.27. The minimum absolute atomic E-state index is 0. The summed E-state index contributed by atoms with van der Waals surface area (Å²) >= 11 is 0. The number of nitrogens with two attached hydrogens (primary N) is 1. The van der Waals surface area contributed by atoms with Crippen LogP contribution in [0, 0.1) is 0 Å². The van der Waals surface area contributed by atoms with Gasteiger partial charge in [-0.05, 0) is 12.5 Å². The molecular weight excluding hydrogens is 271 g/mol. The molecule has 0 bridgehead atoms. The Morgan fingerprint density at radius 2 is 2.37 bits per heavy atom. The molecule has 0 spiro atoms. The molecule has 0 unspecified atom stereocenters. The van der Waals surface area contributed by atoms with Crippen molar-refractivity contribution in [3.05, 3.63) is 29.4 Å². The van der Waals surface area contributed by atoms with Crippen LogP contribution >= 0.6 is 12.4 Å². The summed E-state index contributed by atoms with van der Waals surface area (Å²) < 4.78 is 14.0. The number of likely N-dealkylation sites (N-methyl/N-ethyl adjacent to an activating group) is 1. The number of fused-ring (bicyclic) bond motifs is 1. The number of carbonyl (C=O) groups excluding carboxylic acids is 1. The number of amides is 1. The Morgan fingerprint density at radius 1 is 1.63 bits per heavy atom. The quantitative estimate of drug-likeness (QED) is 0.903. The summed E-state index contributed by atoms with van der Waals surface area (Å²) in [6.07, 6.45) is 2.93. The molecule has 1 aromatic rings. The number of carbonyl (C=O) groups is 1. The van der Waals surface area contributed by atoms with Crippen LogP contribution in [0.4, 0.5) is 4.39 Å². The van der Waals surface area contributed by atoms with Crippen molar-refractivity contribution >= 4 is 18.3 Å². The zero-order chi connectivity index (χ0) is 13.1. The molecule has 2 rings (SSSR count). The first-order chi connectivity index (χ1) is 8.69. The minimum Gasteiger partial charge on any atom is -0.338 e. The van der Waals surface area contributed by atoms with Crippen LogP contribution in [0.1, 0.15) is 23.0 Å². The van der Waals surface area contributed by atoms with E-state index >= 15 is 0 Å². The smallest absolute Gasteiger partial charge is 0.257 e. The van der Waals surface area contributed by atoms with E-state index in [-0.39, 0.29) is 24.9 Å². The molecular formula is C12H18ClFN4O. The zero-order valence-corrected chi connectivity index (χ0v) is 11.6. The molecule has 19 heavy (non-hydrogen) atoms. The van der Waals surface area contributed by atoms with Gasteiger partial charge in [-0.3, -0.25) is 9.48 Å². The van der Waals surface area contributed by atoms with E-state index in [1.807, 2.05) is 6.92 Å². The van der Waals surface area contributed by atoms with Crippen LogP contribution < -0.4 is 5.73 Å². The summed E-state index contributed by atoms with van der Waals surface area (Å²) in [6, 6.07) is 0. The van der Waals surface area contributed by atoms with Gasteiger partial charge < -0.3 is 10.6 Å². The Morgan fingerprint density at radius 3 is 2.95 bits per heavy atom. The van der Waals surface area contributed by atoms with E-state index in [1.165, 1.54) is 0 Å². The Hall–Kier alpha value is -1.40. The van der Waals surface area contributed by atoms with E-state index in [0.29, 0.717) is 37.1 Å². The van der Waals surface area contributed by atoms with Gasteiger partial charge in [0.15, 0.2) is 0 Å². The van der Waals surface area contributed by atoms with Crippen LogP contribution in [-0.2, 0) is 13.0 Å². The van der Waals surface area contributed by atoms with Gasteiger partial charge in [-0.1, -0.05) is 0 Å². The number of hydrogen-bond donors (Lipinski definition) is 1. The van der Waals surface area contributed by atoms with Crippen molar-refractivity contribution in [2.24, 2.45) is 5.73 Å². The third-order valence-corrected chi connectivity index (χ3v) is 3.14. The molecule has 1 amide bonds. The highest BCUT2D eigenvalue weighted by Crippen LogP contribution is 2.17. The van der Waals surface area contributed by atoms with Crippen molar-refractivity contribution in [2.45, 2.75) is 19.9 Å². The van der Waals surface area contributed by atoms with Gasteiger partial charge in [0, 0.05) is 32.3 Å². The highest BCUT2D eigenvalue weighted by Gasteiger charge is 2.26. The van der Waals surface area contributed by atoms with Gasteiger partial charge >= 0.3 is 0 Å². The lowest BCUT2D eigenvalue weighted by Gasteiger charge is -2.24. The van der Waals surface area contributed by atoms with Crippen molar-refractivity contribution < 1.29 is 9.18 Å². The molecule has 106 valence electrons. The zero-order valence-electron chi connectivity index (χ0n) is 10.8. The highest BCUT2D eigenvalue weighted by molar-refractivity contribution is 5.96. The lowest BCUT2D eigenvalue weighted by molar-refractivity contribution is 0.0748. The second-order valence-electron chi connectivity index (χ2n) is 4.29. The first kappa shape index (κ1) is 15.7. The maximum Gasteiger partial charge on any atom is 0.257 e. The molecule has 0 aromatic carbocycles. The van der Waals surface area contributed by atoms with Crippen LogP contribution in [0.25, 0.3) is 0 Å². The first-order valence-electron chi connectivity index (χ1n) is 6.03. The molecule has 0 atom stereocenters. The van der Waals surface area contributed by atoms with E-state index in [1.54, 1.807) is 15.8 Å². The summed E-state index contributed by atoms with van der Waals surface area (Å²) in [6.45, 7) is 3.78. The van der Waals surface area contributed by atoms with E-state index in [0.717, 1.165) is 12.1 Å². The summed E-state index contributed by atoms with van der Waals surface area (Å²) in [5, 5.41) is 4.31. The lowest BCUT2D eigenvalue weighted by Crippen LogP contribution is -2.36. The van der Waals surface area contributed by atoms with E-state index in [2.05, 4.69) is 5.10 Å². The number of hydrogen-bond acceptors (Lipinski definition) is 3. The Bertz CT molecular complexity index is 486. The van der Waals surface area contributed by atoms with E-state index in [9.17, 15) is 9.18 Å². The molecule has 0 radical (unpaired) electrons. The van der Waals surface area contributed by atoms with Crippen LogP contribution in [0.5, 0.6) is 0 Å². The van der Waals surface area contributed by atoms with Gasteiger partial charge in [-0.2, -0.15) is 5.10 Å². The SMILES string of the molecule is CCN1CCc2nn(CC(=CF)CN)cc2C1=O.Cl. The lowest BCUT2D eigenvalue weighted by atomic mass is 10.1. The van der Waals surface area contributed by atoms with Gasteiger partial charge in [0.1, 0.15) is 0 Å². The molecule has 7 heteroatoms. The fraction of sp³-hybridized carbons (Fsp3) is 0.500. The summed E-state index contributed by atoms with van der Waals surface area (Å²) in [7, 11) is 0. The minimum atomic E-state index is 0. The van der Waals surface area contributed by atoms with Crippen molar-refractivity contribution in [2.75, 3.05) is 19.6 Å². The molecule has 0 fully saturated rings. The third kappa shape index (κ3) is 3.13. The molecule has 0 saturated heterocycles. The Balaban J connectivity index is 0.00000180. The maximum absolute atomic E-state index is 12.5. The summed E-state index contributed by atoms with van der Waals surface area (Å²) in [5.74, 6) is 0.00327. The van der Waals surface area contributed by atoms with Crippen molar-refractivity contribution in [1.29, 1.82) is 0 Å². The molecule has 5 nitrogen and oxygen atoms in total. The summed E-state index contributed by atoms with van der Waals surface area (Å²) in [4.78, 5) is 13.8. The molecule has 2 heterocycles. The maximum atomic E-state index is 12.5. The average molecular weight is 289 g/mol. The van der Waals surface area contributed by atoms with Gasteiger partial charge in [0.05, 0.1) is 24.1 Å². The number of nitrogens with zero attached hydrogens (tertiary/aromatic N) is 3. The fourth-order valence-electron chi connectivity index (χ4n) is 2.07. The normalized spacial score (nSPS) is 15.2. The predicted octanol–water partition coefficient (Wildman–Crippen LogP) is 1.14. The first-order valence-corrected chi connectivity index (χ1v) is 6.03. The fourth-order valence-corrected chi connectivity index (χ4v) is 2.07. The van der Waals surface area contributed by atoms with E-state index in [4.69, 9.17) is 5.73 Å². The Kier molecular flexibility index (Phi) is 5.50. The van der Waals surface area contributed by atoms with Crippen LogP contribution in [-0.4, -0.2) is 40.2 Å². The largest absolute Gasteiger partial charge is 0.338 e. The number of rotatable bonds is 4. The van der Waals surface area contributed by atoms with Crippen molar-refractivity contribution in [1.82, 2.24) is 14.7 Å². The van der Waals surface area contributed by atoms with Gasteiger partial charge in [0.2, 0.25) is 0 Å². The monoisotopic (exact) mass is 288 g/mol. The molecule has 1 aliphatic heterocycles. The molecule has 1 aromatic heterocycles. The second kappa shape index (κ2) is 6.68. The van der Waals surface area contributed by atoms with Gasteiger partial charge in [0.25, 0.3) is 5.91 Å².